The first kappa shape index (κ1) is 16.7. The number of piperidine rings is 1. The van der Waals surface area contributed by atoms with E-state index in [0.717, 1.165) is 38.8 Å². The molecule has 0 aromatic carbocycles. The fourth-order valence-corrected chi connectivity index (χ4v) is 3.33. The van der Waals surface area contributed by atoms with Gasteiger partial charge in [0.05, 0.1) is 12.1 Å². The maximum absolute atomic E-state index is 12.2. The molecule has 0 spiro atoms. The molecule has 1 saturated heterocycles. The van der Waals surface area contributed by atoms with E-state index in [0.29, 0.717) is 18.9 Å². The summed E-state index contributed by atoms with van der Waals surface area (Å²) in [6.07, 6.45) is 7.49. The lowest BCUT2D eigenvalue weighted by Gasteiger charge is -2.31. The zero-order valence-corrected chi connectivity index (χ0v) is 12.7. The number of hydrogen-bond acceptors (Lipinski definition) is 3. The molecule has 5 heteroatoms. The second kappa shape index (κ2) is 8.08. The number of hydrogen-bond donors (Lipinski definition) is 2. The van der Waals surface area contributed by atoms with Crippen LogP contribution in [0.25, 0.3) is 0 Å². The third kappa shape index (κ3) is 4.93. The fourth-order valence-electron chi connectivity index (χ4n) is 3.33. The number of amides is 1. The van der Waals surface area contributed by atoms with Crippen molar-refractivity contribution in [3.05, 3.63) is 0 Å². The Balaban J connectivity index is 0.00000180. The molecule has 4 nitrogen and oxygen atoms in total. The molecular formula is C14H27ClN2O2. The molecule has 0 aromatic rings. The van der Waals surface area contributed by atoms with E-state index in [9.17, 15) is 4.79 Å². The van der Waals surface area contributed by atoms with E-state index >= 15 is 0 Å². The molecule has 2 N–H and O–H groups in total. The smallest absolute Gasteiger partial charge is 0.220 e. The van der Waals surface area contributed by atoms with E-state index in [1.807, 2.05) is 0 Å². The number of ether oxygens (including phenoxy) is 1. The van der Waals surface area contributed by atoms with Crippen molar-refractivity contribution in [3.63, 3.8) is 0 Å². The van der Waals surface area contributed by atoms with Crippen LogP contribution in [0.5, 0.6) is 0 Å². The minimum Gasteiger partial charge on any atom is -0.382 e. The summed E-state index contributed by atoms with van der Waals surface area (Å²) < 4.78 is 5.30. The van der Waals surface area contributed by atoms with Gasteiger partial charge in [-0.25, -0.2) is 0 Å². The zero-order valence-electron chi connectivity index (χ0n) is 11.9. The Kier molecular flexibility index (Phi) is 7.11. The molecule has 0 radical (unpaired) electrons. The highest BCUT2D eigenvalue weighted by atomic mass is 35.5. The van der Waals surface area contributed by atoms with E-state index in [4.69, 9.17) is 4.74 Å². The predicted octanol–water partition coefficient (Wildman–Crippen LogP) is 1.87. The lowest BCUT2D eigenvalue weighted by Crippen LogP contribution is -2.50. The Bertz CT molecular complexity index is 275. The van der Waals surface area contributed by atoms with Gasteiger partial charge in [-0.3, -0.25) is 4.79 Å². The third-order valence-corrected chi connectivity index (χ3v) is 4.32. The summed E-state index contributed by atoms with van der Waals surface area (Å²) >= 11 is 0. The van der Waals surface area contributed by atoms with Crippen molar-refractivity contribution in [3.8, 4) is 0 Å². The average Bonchev–Trinajstić information content (AvgIpc) is 2.79. The summed E-state index contributed by atoms with van der Waals surface area (Å²) in [4.78, 5) is 12.2. The second-order valence-corrected chi connectivity index (χ2v) is 5.87. The van der Waals surface area contributed by atoms with E-state index in [1.54, 1.807) is 7.11 Å². The molecular weight excluding hydrogens is 264 g/mol. The number of nitrogens with one attached hydrogen (secondary N) is 2. The normalized spacial score (nSPS) is 22.8. The number of methoxy groups -OCH3 is 1. The molecule has 0 bridgehead atoms. The lowest BCUT2D eigenvalue weighted by molar-refractivity contribution is -0.124. The molecule has 112 valence electrons. The monoisotopic (exact) mass is 290 g/mol. The Morgan fingerprint density at radius 3 is 2.53 bits per heavy atom. The van der Waals surface area contributed by atoms with Gasteiger partial charge in [-0.05, 0) is 44.7 Å². The number of rotatable bonds is 5. The topological polar surface area (TPSA) is 50.4 Å². The van der Waals surface area contributed by atoms with E-state index in [2.05, 4.69) is 10.6 Å². The molecule has 1 heterocycles. The van der Waals surface area contributed by atoms with E-state index in [1.165, 1.54) is 12.8 Å². The third-order valence-electron chi connectivity index (χ3n) is 4.32. The quantitative estimate of drug-likeness (QED) is 0.813. The van der Waals surface area contributed by atoms with Crippen LogP contribution < -0.4 is 10.6 Å². The Morgan fingerprint density at radius 1 is 1.32 bits per heavy atom. The van der Waals surface area contributed by atoms with Crippen LogP contribution in [0.1, 0.15) is 44.9 Å². The number of halogens is 1. The van der Waals surface area contributed by atoms with Gasteiger partial charge in [0.25, 0.3) is 0 Å². The van der Waals surface area contributed by atoms with E-state index in [-0.39, 0.29) is 23.9 Å². The first-order valence-corrected chi connectivity index (χ1v) is 7.25. The van der Waals surface area contributed by atoms with Crippen molar-refractivity contribution < 1.29 is 9.53 Å². The van der Waals surface area contributed by atoms with Gasteiger partial charge < -0.3 is 15.4 Å². The maximum Gasteiger partial charge on any atom is 0.220 e. The first-order chi connectivity index (χ1) is 8.74. The van der Waals surface area contributed by atoms with Gasteiger partial charge >= 0.3 is 0 Å². The Hall–Kier alpha value is -0.320. The maximum atomic E-state index is 12.2. The summed E-state index contributed by atoms with van der Waals surface area (Å²) in [5, 5.41) is 6.59. The standard InChI is InChI=1S/C14H26N2O2.ClH/c1-18-11-14(6-2-3-7-14)16-13(17)10-12-4-8-15-9-5-12;/h12,15H,2-11H2,1H3,(H,16,17);1H. The second-order valence-electron chi connectivity index (χ2n) is 5.87. The van der Waals surface area contributed by atoms with Crippen LogP contribution in [0.4, 0.5) is 0 Å². The van der Waals surface area contributed by atoms with Crippen molar-refractivity contribution in [2.75, 3.05) is 26.8 Å². The van der Waals surface area contributed by atoms with Crippen LogP contribution in [-0.2, 0) is 9.53 Å². The highest BCUT2D eigenvalue weighted by Crippen LogP contribution is 2.30. The van der Waals surface area contributed by atoms with Crippen LogP contribution in [0.2, 0.25) is 0 Å². The van der Waals surface area contributed by atoms with Gasteiger partial charge in [0, 0.05) is 13.5 Å². The van der Waals surface area contributed by atoms with Crippen molar-refractivity contribution in [1.29, 1.82) is 0 Å². The van der Waals surface area contributed by atoms with Gasteiger partial charge in [-0.2, -0.15) is 0 Å². The minimum atomic E-state index is -0.0707. The molecule has 0 aromatic heterocycles. The Labute approximate surface area is 122 Å². The molecule has 0 atom stereocenters. The van der Waals surface area contributed by atoms with E-state index < -0.39 is 0 Å². The van der Waals surface area contributed by atoms with Crippen molar-refractivity contribution >= 4 is 18.3 Å². The van der Waals surface area contributed by atoms with Gasteiger partial charge in [0.1, 0.15) is 0 Å². The summed E-state index contributed by atoms with van der Waals surface area (Å²) in [6, 6.07) is 0. The number of carbonyl (C=O) groups excluding carboxylic acids is 1. The van der Waals surface area contributed by atoms with Gasteiger partial charge in [0.2, 0.25) is 5.91 Å². The largest absolute Gasteiger partial charge is 0.382 e. The van der Waals surface area contributed by atoms with Gasteiger partial charge in [-0.1, -0.05) is 12.8 Å². The van der Waals surface area contributed by atoms with Crippen LogP contribution >= 0.6 is 12.4 Å². The molecule has 1 amide bonds. The SMILES string of the molecule is COCC1(NC(=O)CC2CCNCC2)CCCC1.Cl. The molecule has 19 heavy (non-hydrogen) atoms. The van der Waals surface area contributed by atoms with Crippen LogP contribution in [-0.4, -0.2) is 38.3 Å². The molecule has 0 unspecified atom stereocenters. The van der Waals surface area contributed by atoms with Crippen molar-refractivity contribution in [1.82, 2.24) is 10.6 Å². The van der Waals surface area contributed by atoms with Crippen LogP contribution in [0.3, 0.4) is 0 Å². The Morgan fingerprint density at radius 2 is 1.95 bits per heavy atom. The fraction of sp³-hybridized carbons (Fsp3) is 0.929. The van der Waals surface area contributed by atoms with Crippen molar-refractivity contribution in [2.45, 2.75) is 50.5 Å². The average molecular weight is 291 g/mol. The first-order valence-electron chi connectivity index (χ1n) is 7.25. The molecule has 1 aliphatic carbocycles. The molecule has 2 aliphatic rings. The van der Waals surface area contributed by atoms with Gasteiger partial charge in [-0.15, -0.1) is 12.4 Å². The predicted molar refractivity (Wildman–Crippen MR) is 78.7 cm³/mol. The lowest BCUT2D eigenvalue weighted by atomic mass is 9.92. The van der Waals surface area contributed by atoms with Crippen LogP contribution in [0, 0.1) is 5.92 Å². The molecule has 1 saturated carbocycles. The van der Waals surface area contributed by atoms with Crippen molar-refractivity contribution in [2.24, 2.45) is 5.92 Å². The summed E-state index contributed by atoms with van der Waals surface area (Å²) in [6.45, 7) is 2.77. The highest BCUT2D eigenvalue weighted by Gasteiger charge is 2.35. The van der Waals surface area contributed by atoms with Crippen LogP contribution in [0.15, 0.2) is 0 Å². The molecule has 2 fully saturated rings. The minimum absolute atomic E-state index is 0. The highest BCUT2D eigenvalue weighted by molar-refractivity contribution is 5.85. The molecule has 2 rings (SSSR count). The van der Waals surface area contributed by atoms with Gasteiger partial charge in [0.15, 0.2) is 0 Å². The number of carbonyl (C=O) groups is 1. The zero-order chi connectivity index (χ0) is 12.8. The molecule has 1 aliphatic heterocycles. The summed E-state index contributed by atoms with van der Waals surface area (Å²) in [7, 11) is 1.72. The summed E-state index contributed by atoms with van der Waals surface area (Å²) in [5.74, 6) is 0.785. The summed E-state index contributed by atoms with van der Waals surface area (Å²) in [5.41, 5.74) is -0.0707.